The van der Waals surface area contributed by atoms with Crippen molar-refractivity contribution >= 4 is 10.8 Å². The lowest BCUT2D eigenvalue weighted by atomic mass is 9.58. The molecule has 0 unspecified atom stereocenters. The molecule has 4 fully saturated rings. The average Bonchev–Trinajstić information content (AvgIpc) is 3.37. The SMILES string of the molecule is C[C@]12CC=C3C=C4CC[C@H]([N+]5([O-])CCC5)C[C@]45CC[C@]3(O5)[C@@H]1CC[C@@H]2c1ccc2ccccc2c1. The van der Waals surface area contributed by atoms with E-state index in [0.717, 1.165) is 58.0 Å². The zero-order valence-corrected chi connectivity index (χ0v) is 21.0. The summed E-state index contributed by atoms with van der Waals surface area (Å²) in [5, 5.41) is 16.0. The predicted octanol–water partition coefficient (Wildman–Crippen LogP) is 7.17. The van der Waals surface area contributed by atoms with Gasteiger partial charge in [0.1, 0.15) is 0 Å². The first-order valence-corrected chi connectivity index (χ1v) is 14.1. The molecular weight excluding hydrogens is 430 g/mol. The second kappa shape index (κ2) is 6.88. The summed E-state index contributed by atoms with van der Waals surface area (Å²) in [5.74, 6) is 1.13. The maximum Gasteiger partial charge on any atom is 0.0975 e. The monoisotopic (exact) mass is 467 g/mol. The number of likely N-dealkylation sites (tertiary alicyclic amines) is 1. The van der Waals surface area contributed by atoms with Gasteiger partial charge in [-0.3, -0.25) is 0 Å². The fourth-order valence-corrected chi connectivity index (χ4v) is 9.59. The molecule has 6 aliphatic rings. The lowest BCUT2D eigenvalue weighted by molar-refractivity contribution is -0.943. The number of benzene rings is 2. The fraction of sp³-hybridized carbons (Fsp3) is 0.562. The molecule has 2 saturated heterocycles. The Kier molecular flexibility index (Phi) is 4.16. The highest BCUT2D eigenvalue weighted by Crippen LogP contribution is 2.69. The number of quaternary nitrogens is 1. The normalized spacial score (nSPS) is 43.0. The lowest BCUT2D eigenvalue weighted by Crippen LogP contribution is -2.63. The van der Waals surface area contributed by atoms with Crippen LogP contribution in [0.2, 0.25) is 0 Å². The maximum absolute atomic E-state index is 13.3. The van der Waals surface area contributed by atoms with Crippen molar-refractivity contribution in [1.82, 2.24) is 0 Å². The second-order valence-electron chi connectivity index (χ2n) is 13.0. The number of hydrogen-bond donors (Lipinski definition) is 0. The van der Waals surface area contributed by atoms with Crippen molar-refractivity contribution in [2.45, 2.75) is 87.9 Å². The average molecular weight is 468 g/mol. The third-order valence-electron chi connectivity index (χ3n) is 11.6. The molecule has 6 atom stereocenters. The van der Waals surface area contributed by atoms with E-state index in [1.807, 2.05) is 0 Å². The third-order valence-corrected chi connectivity index (χ3v) is 11.6. The molecule has 2 aromatic rings. The molecule has 3 aliphatic heterocycles. The first kappa shape index (κ1) is 21.2. The number of fused-ring (bicyclic) bond motifs is 2. The van der Waals surface area contributed by atoms with Gasteiger partial charge in [-0.25, -0.2) is 0 Å². The van der Waals surface area contributed by atoms with E-state index in [2.05, 4.69) is 61.5 Å². The Morgan fingerprint density at radius 1 is 1.00 bits per heavy atom. The Balaban J connectivity index is 1.16. The lowest BCUT2D eigenvalue weighted by Gasteiger charge is -2.60. The van der Waals surface area contributed by atoms with E-state index in [1.54, 1.807) is 0 Å². The van der Waals surface area contributed by atoms with Crippen molar-refractivity contribution in [3.05, 3.63) is 76.5 Å². The van der Waals surface area contributed by atoms with Crippen LogP contribution in [0.5, 0.6) is 0 Å². The molecule has 3 aliphatic carbocycles. The molecule has 2 bridgehead atoms. The van der Waals surface area contributed by atoms with Crippen molar-refractivity contribution in [1.29, 1.82) is 0 Å². The molecule has 3 heteroatoms. The van der Waals surface area contributed by atoms with Crippen molar-refractivity contribution < 1.29 is 9.38 Å². The van der Waals surface area contributed by atoms with Gasteiger partial charge in [-0.1, -0.05) is 61.5 Å². The van der Waals surface area contributed by atoms with Gasteiger partial charge >= 0.3 is 0 Å². The summed E-state index contributed by atoms with van der Waals surface area (Å²) in [6.45, 7) is 4.20. The van der Waals surface area contributed by atoms with Gasteiger partial charge in [0.05, 0.1) is 30.3 Å². The molecule has 182 valence electrons. The van der Waals surface area contributed by atoms with Crippen LogP contribution in [-0.2, 0) is 4.74 Å². The summed E-state index contributed by atoms with van der Waals surface area (Å²) in [4.78, 5) is 0. The van der Waals surface area contributed by atoms with Gasteiger partial charge in [0.15, 0.2) is 0 Å². The van der Waals surface area contributed by atoms with Gasteiger partial charge in [-0.05, 0) is 83.3 Å². The molecule has 2 saturated carbocycles. The molecule has 2 spiro atoms. The molecule has 35 heavy (non-hydrogen) atoms. The predicted molar refractivity (Wildman–Crippen MR) is 140 cm³/mol. The molecule has 3 nitrogen and oxygen atoms in total. The molecule has 0 radical (unpaired) electrons. The largest absolute Gasteiger partial charge is 0.633 e. The number of hydroxylamine groups is 3. The maximum atomic E-state index is 13.3. The molecule has 2 aromatic carbocycles. The minimum absolute atomic E-state index is 0.0548. The van der Waals surface area contributed by atoms with Crippen molar-refractivity contribution in [2.75, 3.05) is 13.1 Å². The quantitative estimate of drug-likeness (QED) is 0.346. The minimum atomic E-state index is -0.162. The van der Waals surface area contributed by atoms with E-state index in [1.165, 1.54) is 40.3 Å². The van der Waals surface area contributed by atoms with Crippen molar-refractivity contribution in [3.8, 4) is 0 Å². The Morgan fingerprint density at radius 2 is 1.86 bits per heavy atom. The van der Waals surface area contributed by atoms with E-state index in [9.17, 15) is 5.21 Å². The van der Waals surface area contributed by atoms with Crippen LogP contribution in [0, 0.1) is 16.5 Å². The van der Waals surface area contributed by atoms with Crippen LogP contribution in [0.4, 0.5) is 0 Å². The Labute approximate surface area is 209 Å². The van der Waals surface area contributed by atoms with Crippen molar-refractivity contribution in [3.63, 3.8) is 0 Å². The number of nitrogens with zero attached hydrogens (tertiary/aromatic N) is 1. The van der Waals surface area contributed by atoms with Crippen LogP contribution < -0.4 is 0 Å². The van der Waals surface area contributed by atoms with Crippen LogP contribution in [0.15, 0.2) is 65.8 Å². The number of ether oxygens (including phenoxy) is 1. The van der Waals surface area contributed by atoms with Gasteiger partial charge in [0.2, 0.25) is 0 Å². The number of allylic oxidation sites excluding steroid dienone is 1. The Bertz CT molecular complexity index is 1290. The standard InChI is InChI=1S/C32H37NO2/c1-30-14-13-26-20-25-9-10-27(33(34)17-4-18-33)21-31(25)15-16-32(26,35-31)29(30)12-11-28(30)24-8-7-22-5-2-3-6-23(22)19-24/h2-3,5-8,13,19-20,27-29H,4,9-12,14-18,21H2,1H3/t27-,28+,29+,30+,31+,32+/m0/s1. The van der Waals surface area contributed by atoms with Gasteiger partial charge < -0.3 is 14.6 Å². The highest BCUT2D eigenvalue weighted by atomic mass is 16.6. The van der Waals surface area contributed by atoms with E-state index in [0.29, 0.717) is 11.8 Å². The summed E-state index contributed by atoms with van der Waals surface area (Å²) in [6.07, 6.45) is 15.2. The zero-order valence-electron chi connectivity index (χ0n) is 21.0. The second-order valence-corrected chi connectivity index (χ2v) is 13.0. The molecule has 0 N–H and O–H groups in total. The summed E-state index contributed by atoms with van der Waals surface area (Å²) >= 11 is 0. The summed E-state index contributed by atoms with van der Waals surface area (Å²) in [5.41, 5.74) is 4.43. The number of rotatable bonds is 2. The molecule has 0 aromatic heterocycles. The van der Waals surface area contributed by atoms with Crippen LogP contribution in [-0.4, -0.2) is 35.0 Å². The van der Waals surface area contributed by atoms with Crippen molar-refractivity contribution in [2.24, 2.45) is 11.3 Å². The van der Waals surface area contributed by atoms with Gasteiger partial charge in [0, 0.05) is 19.3 Å². The minimum Gasteiger partial charge on any atom is -0.633 e. The van der Waals surface area contributed by atoms with E-state index in [-0.39, 0.29) is 27.3 Å². The van der Waals surface area contributed by atoms with Gasteiger partial charge in [-0.2, -0.15) is 0 Å². The topological polar surface area (TPSA) is 32.3 Å². The molecular formula is C32H37NO2. The smallest absolute Gasteiger partial charge is 0.0975 e. The van der Waals surface area contributed by atoms with Crippen LogP contribution in [0.3, 0.4) is 0 Å². The summed E-state index contributed by atoms with van der Waals surface area (Å²) in [6, 6.07) is 16.2. The van der Waals surface area contributed by atoms with Crippen LogP contribution in [0.25, 0.3) is 10.8 Å². The Morgan fingerprint density at radius 3 is 2.69 bits per heavy atom. The van der Waals surface area contributed by atoms with Crippen LogP contribution in [0.1, 0.15) is 76.2 Å². The summed E-state index contributed by atoms with van der Waals surface area (Å²) in [7, 11) is 0. The highest BCUT2D eigenvalue weighted by molar-refractivity contribution is 5.83. The zero-order chi connectivity index (χ0) is 23.5. The van der Waals surface area contributed by atoms with E-state index < -0.39 is 0 Å². The molecule has 3 heterocycles. The first-order valence-electron chi connectivity index (χ1n) is 14.1. The number of hydrogen-bond acceptors (Lipinski definition) is 2. The van der Waals surface area contributed by atoms with Crippen LogP contribution >= 0.6 is 0 Å². The third kappa shape index (κ3) is 2.68. The highest BCUT2D eigenvalue weighted by Gasteiger charge is 2.67. The fourth-order valence-electron chi connectivity index (χ4n) is 9.59. The first-order chi connectivity index (χ1) is 16.9. The van der Waals surface area contributed by atoms with E-state index >= 15 is 0 Å². The molecule has 8 rings (SSSR count). The van der Waals surface area contributed by atoms with Gasteiger partial charge in [-0.15, -0.1) is 0 Å². The molecule has 0 amide bonds. The Hall–Kier alpha value is -1.94. The van der Waals surface area contributed by atoms with Gasteiger partial charge in [0.25, 0.3) is 0 Å². The summed E-state index contributed by atoms with van der Waals surface area (Å²) < 4.78 is 7.48. The van der Waals surface area contributed by atoms with E-state index in [4.69, 9.17) is 4.74 Å².